The molecule has 0 aromatic rings. The Morgan fingerprint density at radius 1 is 1.45 bits per heavy atom. The zero-order chi connectivity index (χ0) is 8.85. The van der Waals surface area contributed by atoms with Crippen LogP contribution in [0.15, 0.2) is 11.8 Å². The number of hydrogen-bond donors (Lipinski definition) is 0. The topological polar surface area (TPSA) is 9.23 Å². The minimum Gasteiger partial charge on any atom is -0.439 e. The van der Waals surface area contributed by atoms with Crippen molar-refractivity contribution >= 4 is 0 Å². The monoisotopic (exact) mass is 164 g/mol. The van der Waals surface area contributed by atoms with E-state index in [1.165, 1.54) is 0 Å². The Hall–Kier alpha value is -0.600. The molecule has 3 heteroatoms. The SMILES string of the molecule is CCC=C(OC(F)F)C(C)C. The molecule has 0 radical (unpaired) electrons. The highest BCUT2D eigenvalue weighted by molar-refractivity contribution is 4.95. The maximum atomic E-state index is 11.7. The first-order valence-corrected chi connectivity index (χ1v) is 3.72. The predicted molar refractivity (Wildman–Crippen MR) is 40.3 cm³/mol. The van der Waals surface area contributed by atoms with Gasteiger partial charge in [-0.3, -0.25) is 0 Å². The van der Waals surface area contributed by atoms with Gasteiger partial charge in [0.05, 0.1) is 0 Å². The normalized spacial score (nSPS) is 12.8. The zero-order valence-corrected chi connectivity index (χ0v) is 7.10. The second kappa shape index (κ2) is 5.10. The van der Waals surface area contributed by atoms with E-state index in [9.17, 15) is 8.78 Å². The van der Waals surface area contributed by atoms with Crippen molar-refractivity contribution in [3.63, 3.8) is 0 Å². The molecule has 11 heavy (non-hydrogen) atoms. The third-order valence-corrected chi connectivity index (χ3v) is 1.20. The van der Waals surface area contributed by atoms with E-state index in [1.54, 1.807) is 6.08 Å². The van der Waals surface area contributed by atoms with Crippen molar-refractivity contribution in [2.24, 2.45) is 5.92 Å². The Labute approximate surface area is 66.0 Å². The molecule has 0 fully saturated rings. The van der Waals surface area contributed by atoms with Gasteiger partial charge >= 0.3 is 6.61 Å². The molecular formula is C8H14F2O. The summed E-state index contributed by atoms with van der Waals surface area (Å²) in [5.41, 5.74) is 0. The summed E-state index contributed by atoms with van der Waals surface area (Å²) >= 11 is 0. The van der Waals surface area contributed by atoms with Gasteiger partial charge in [-0.15, -0.1) is 0 Å². The molecule has 0 aliphatic carbocycles. The largest absolute Gasteiger partial charge is 0.439 e. The molecule has 0 aliphatic rings. The lowest BCUT2D eigenvalue weighted by Gasteiger charge is -2.11. The van der Waals surface area contributed by atoms with Crippen molar-refractivity contribution in [2.45, 2.75) is 33.8 Å². The minimum absolute atomic E-state index is 0.0314. The fourth-order valence-electron chi connectivity index (χ4n) is 0.724. The predicted octanol–water partition coefficient (Wildman–Crippen LogP) is 3.18. The third kappa shape index (κ3) is 4.76. The van der Waals surface area contributed by atoms with Crippen LogP contribution in [0.3, 0.4) is 0 Å². The minimum atomic E-state index is -2.70. The summed E-state index contributed by atoms with van der Waals surface area (Å²) in [5.74, 6) is 0.409. The number of ether oxygens (including phenoxy) is 1. The standard InChI is InChI=1S/C8H14F2O/c1-4-5-7(6(2)3)11-8(9)10/h5-6,8H,4H2,1-3H3. The smallest absolute Gasteiger partial charge is 0.387 e. The fourth-order valence-corrected chi connectivity index (χ4v) is 0.724. The second-order valence-corrected chi connectivity index (χ2v) is 2.55. The van der Waals surface area contributed by atoms with Gasteiger partial charge in [0.2, 0.25) is 0 Å². The van der Waals surface area contributed by atoms with Crippen LogP contribution in [0.2, 0.25) is 0 Å². The van der Waals surface area contributed by atoms with Crippen molar-refractivity contribution in [2.75, 3.05) is 0 Å². The van der Waals surface area contributed by atoms with Crippen LogP contribution in [0.4, 0.5) is 8.78 Å². The molecule has 0 N–H and O–H groups in total. The van der Waals surface area contributed by atoms with E-state index in [0.29, 0.717) is 5.76 Å². The number of alkyl halides is 2. The quantitative estimate of drug-likeness (QED) is 0.580. The van der Waals surface area contributed by atoms with Crippen LogP contribution in [-0.2, 0) is 4.74 Å². The second-order valence-electron chi connectivity index (χ2n) is 2.55. The van der Waals surface area contributed by atoms with Crippen LogP contribution in [0, 0.1) is 5.92 Å². The Morgan fingerprint density at radius 2 is 2.00 bits per heavy atom. The summed E-state index contributed by atoms with van der Waals surface area (Å²) in [6, 6.07) is 0. The van der Waals surface area contributed by atoms with E-state index in [1.807, 2.05) is 20.8 Å². The Bertz CT molecular complexity index is 130. The molecule has 0 aromatic carbocycles. The molecule has 0 heterocycles. The van der Waals surface area contributed by atoms with E-state index < -0.39 is 6.61 Å². The van der Waals surface area contributed by atoms with Crippen LogP contribution < -0.4 is 0 Å². The Balaban J connectivity index is 4.01. The van der Waals surface area contributed by atoms with Gasteiger partial charge in [-0.05, 0) is 12.5 Å². The average Bonchev–Trinajstić information content (AvgIpc) is 1.86. The van der Waals surface area contributed by atoms with Gasteiger partial charge in [0.1, 0.15) is 5.76 Å². The molecule has 0 amide bonds. The molecule has 1 nitrogen and oxygen atoms in total. The molecule has 0 unspecified atom stereocenters. The first-order chi connectivity index (χ1) is 5.07. The van der Waals surface area contributed by atoms with E-state index in [4.69, 9.17) is 0 Å². The lowest BCUT2D eigenvalue weighted by molar-refractivity contribution is -0.103. The van der Waals surface area contributed by atoms with Crippen LogP contribution in [0.25, 0.3) is 0 Å². The van der Waals surface area contributed by atoms with Gasteiger partial charge in [-0.25, -0.2) is 0 Å². The third-order valence-electron chi connectivity index (χ3n) is 1.20. The first kappa shape index (κ1) is 10.4. The van der Waals surface area contributed by atoms with Gasteiger partial charge in [0, 0.05) is 5.92 Å². The van der Waals surface area contributed by atoms with Crippen molar-refractivity contribution in [3.05, 3.63) is 11.8 Å². The van der Waals surface area contributed by atoms with Crippen LogP contribution in [0.1, 0.15) is 27.2 Å². The summed E-state index contributed by atoms with van der Waals surface area (Å²) in [7, 11) is 0. The van der Waals surface area contributed by atoms with Gasteiger partial charge in [-0.1, -0.05) is 20.8 Å². The molecule has 66 valence electrons. The molecular weight excluding hydrogens is 150 g/mol. The van der Waals surface area contributed by atoms with E-state index in [-0.39, 0.29) is 5.92 Å². The number of hydrogen-bond acceptors (Lipinski definition) is 1. The Kier molecular flexibility index (Phi) is 4.83. The highest BCUT2D eigenvalue weighted by Crippen LogP contribution is 2.15. The maximum Gasteiger partial charge on any atom is 0.387 e. The molecule has 0 aromatic heterocycles. The molecule has 0 atom stereocenters. The number of halogens is 2. The first-order valence-electron chi connectivity index (χ1n) is 3.72. The van der Waals surface area contributed by atoms with Crippen molar-refractivity contribution < 1.29 is 13.5 Å². The van der Waals surface area contributed by atoms with Gasteiger partial charge in [0.25, 0.3) is 0 Å². The van der Waals surface area contributed by atoms with Gasteiger partial charge < -0.3 is 4.74 Å². The van der Waals surface area contributed by atoms with E-state index >= 15 is 0 Å². The summed E-state index contributed by atoms with van der Waals surface area (Å²) in [6.07, 6.45) is 2.40. The zero-order valence-electron chi connectivity index (χ0n) is 7.10. The maximum absolute atomic E-state index is 11.7. The van der Waals surface area contributed by atoms with Crippen molar-refractivity contribution in [1.82, 2.24) is 0 Å². The highest BCUT2D eigenvalue weighted by atomic mass is 19.3. The van der Waals surface area contributed by atoms with E-state index in [2.05, 4.69) is 4.74 Å². The van der Waals surface area contributed by atoms with Crippen molar-refractivity contribution in [1.29, 1.82) is 0 Å². The number of rotatable bonds is 4. The van der Waals surface area contributed by atoms with E-state index in [0.717, 1.165) is 6.42 Å². The fraction of sp³-hybridized carbons (Fsp3) is 0.750. The van der Waals surface area contributed by atoms with Crippen LogP contribution in [0.5, 0.6) is 0 Å². The van der Waals surface area contributed by atoms with Gasteiger partial charge in [0.15, 0.2) is 0 Å². The molecule has 0 bridgehead atoms. The summed E-state index contributed by atoms with van der Waals surface area (Å²) < 4.78 is 27.7. The lowest BCUT2D eigenvalue weighted by Crippen LogP contribution is -2.04. The highest BCUT2D eigenvalue weighted by Gasteiger charge is 2.09. The molecule has 0 saturated heterocycles. The summed E-state index contributed by atoms with van der Waals surface area (Å²) in [4.78, 5) is 0. The lowest BCUT2D eigenvalue weighted by atomic mass is 10.1. The van der Waals surface area contributed by atoms with Crippen molar-refractivity contribution in [3.8, 4) is 0 Å². The Morgan fingerprint density at radius 3 is 2.27 bits per heavy atom. The molecule has 0 aliphatic heterocycles. The summed E-state index contributed by atoms with van der Waals surface area (Å²) in [5, 5.41) is 0. The van der Waals surface area contributed by atoms with Gasteiger partial charge in [-0.2, -0.15) is 8.78 Å². The van der Waals surface area contributed by atoms with Crippen LogP contribution in [-0.4, -0.2) is 6.61 Å². The number of allylic oxidation sites excluding steroid dienone is 2. The molecule has 0 rings (SSSR count). The van der Waals surface area contributed by atoms with Crippen LogP contribution >= 0.6 is 0 Å². The summed E-state index contributed by atoms with van der Waals surface area (Å²) in [6.45, 7) is 2.83. The average molecular weight is 164 g/mol. The molecule has 0 saturated carbocycles. The molecule has 0 spiro atoms.